The molecule has 3 rings (SSSR count). The van der Waals surface area contributed by atoms with E-state index in [9.17, 15) is 9.59 Å². The van der Waals surface area contributed by atoms with E-state index in [1.807, 2.05) is 4.90 Å². The third kappa shape index (κ3) is 3.85. The Morgan fingerprint density at radius 1 is 1.22 bits per heavy atom. The average Bonchev–Trinajstić information content (AvgIpc) is 2.86. The fourth-order valence-electron chi connectivity index (χ4n) is 3.36. The van der Waals surface area contributed by atoms with Crippen molar-refractivity contribution in [3.05, 3.63) is 34.9 Å². The summed E-state index contributed by atoms with van der Waals surface area (Å²) in [6.45, 7) is 3.23. The van der Waals surface area contributed by atoms with Gasteiger partial charge >= 0.3 is 0 Å². The Hall–Kier alpha value is -1.59. The number of rotatable bonds is 3. The minimum atomic E-state index is -0.533. The molecular formula is C17H22ClN3O2. The number of nitrogens with zero attached hydrogens (tertiary/aromatic N) is 1. The second-order valence-corrected chi connectivity index (χ2v) is 6.85. The van der Waals surface area contributed by atoms with Crippen molar-refractivity contribution in [1.82, 2.24) is 15.5 Å². The molecule has 2 saturated heterocycles. The molecule has 3 atom stereocenters. The number of carbonyl (C=O) groups excluding carboxylic acids is 2. The number of hydrogen-bond acceptors (Lipinski definition) is 3. The molecule has 2 aliphatic rings. The first-order valence-corrected chi connectivity index (χ1v) is 8.52. The topological polar surface area (TPSA) is 61.4 Å². The molecule has 124 valence electrons. The summed E-state index contributed by atoms with van der Waals surface area (Å²) >= 11 is 5.82. The Morgan fingerprint density at radius 3 is 2.65 bits per heavy atom. The van der Waals surface area contributed by atoms with Crippen LogP contribution in [0, 0.1) is 0 Å². The van der Waals surface area contributed by atoms with Gasteiger partial charge in [0, 0.05) is 35.8 Å². The van der Waals surface area contributed by atoms with Crippen molar-refractivity contribution in [2.45, 2.75) is 44.3 Å². The SMILES string of the molecule is CC(NC(=O)c1ccc(Cl)cc1)C(=O)N1CCC2CCC(C1)N2. The van der Waals surface area contributed by atoms with Crippen molar-refractivity contribution in [1.29, 1.82) is 0 Å². The maximum Gasteiger partial charge on any atom is 0.251 e. The highest BCUT2D eigenvalue weighted by molar-refractivity contribution is 6.30. The highest BCUT2D eigenvalue weighted by Gasteiger charge is 2.32. The maximum atomic E-state index is 12.6. The summed E-state index contributed by atoms with van der Waals surface area (Å²) < 4.78 is 0. The van der Waals surface area contributed by atoms with Gasteiger partial charge in [-0.15, -0.1) is 0 Å². The minimum Gasteiger partial charge on any atom is -0.341 e. The van der Waals surface area contributed by atoms with Gasteiger partial charge in [-0.3, -0.25) is 9.59 Å². The monoisotopic (exact) mass is 335 g/mol. The number of amides is 2. The molecule has 1 aromatic rings. The lowest BCUT2D eigenvalue weighted by Crippen LogP contribution is -2.49. The number of benzene rings is 1. The lowest BCUT2D eigenvalue weighted by Gasteiger charge is -2.27. The Labute approximate surface area is 141 Å². The number of nitrogens with one attached hydrogen (secondary N) is 2. The third-order valence-corrected chi connectivity index (χ3v) is 4.91. The maximum absolute atomic E-state index is 12.6. The summed E-state index contributed by atoms with van der Waals surface area (Å²) in [7, 11) is 0. The molecule has 2 bridgehead atoms. The highest BCUT2D eigenvalue weighted by atomic mass is 35.5. The molecule has 2 N–H and O–H groups in total. The van der Waals surface area contributed by atoms with E-state index in [1.165, 1.54) is 6.42 Å². The van der Waals surface area contributed by atoms with Gasteiger partial charge < -0.3 is 15.5 Å². The normalized spacial score (nSPS) is 24.9. The van der Waals surface area contributed by atoms with E-state index in [0.29, 0.717) is 22.7 Å². The van der Waals surface area contributed by atoms with Crippen LogP contribution in [-0.2, 0) is 4.79 Å². The minimum absolute atomic E-state index is 0.0123. The van der Waals surface area contributed by atoms with Crippen LogP contribution in [0.5, 0.6) is 0 Å². The van der Waals surface area contributed by atoms with Gasteiger partial charge in [0.1, 0.15) is 6.04 Å². The molecule has 5 nitrogen and oxygen atoms in total. The summed E-state index contributed by atoms with van der Waals surface area (Å²) in [6, 6.07) is 7.05. The standard InChI is InChI=1S/C17H22ClN3O2/c1-11(19-16(22)12-2-4-13(18)5-3-12)17(23)21-9-8-14-6-7-15(10-21)20-14/h2-5,11,14-15,20H,6-10H2,1H3,(H,19,22). The van der Waals surface area contributed by atoms with Gasteiger partial charge in [0.15, 0.2) is 0 Å². The van der Waals surface area contributed by atoms with E-state index in [4.69, 9.17) is 11.6 Å². The average molecular weight is 336 g/mol. The summed E-state index contributed by atoms with van der Waals surface area (Å²) in [6.07, 6.45) is 3.32. The molecule has 0 aliphatic carbocycles. The van der Waals surface area contributed by atoms with Crippen molar-refractivity contribution in [3.8, 4) is 0 Å². The predicted octanol–water partition coefficient (Wildman–Crippen LogP) is 1.81. The Morgan fingerprint density at radius 2 is 1.91 bits per heavy atom. The fourth-order valence-corrected chi connectivity index (χ4v) is 3.49. The largest absolute Gasteiger partial charge is 0.341 e. The molecule has 0 aromatic heterocycles. The van der Waals surface area contributed by atoms with Crippen LogP contribution in [0.25, 0.3) is 0 Å². The lowest BCUT2D eigenvalue weighted by atomic mass is 10.1. The molecule has 3 unspecified atom stereocenters. The molecule has 2 aliphatic heterocycles. The molecule has 6 heteroatoms. The molecule has 0 saturated carbocycles. The van der Waals surface area contributed by atoms with Gasteiger partial charge in [0.25, 0.3) is 5.91 Å². The van der Waals surface area contributed by atoms with Crippen LogP contribution >= 0.6 is 11.6 Å². The van der Waals surface area contributed by atoms with Crippen molar-refractivity contribution in [3.63, 3.8) is 0 Å². The fraction of sp³-hybridized carbons (Fsp3) is 0.529. The number of fused-ring (bicyclic) bond motifs is 2. The van der Waals surface area contributed by atoms with Crippen LogP contribution in [0.2, 0.25) is 5.02 Å². The quantitative estimate of drug-likeness (QED) is 0.885. The second kappa shape index (κ2) is 6.89. The molecule has 0 radical (unpaired) electrons. The Kier molecular flexibility index (Phi) is 4.87. The van der Waals surface area contributed by atoms with E-state index in [-0.39, 0.29) is 11.8 Å². The van der Waals surface area contributed by atoms with E-state index < -0.39 is 6.04 Å². The summed E-state index contributed by atoms with van der Waals surface area (Å²) in [5, 5.41) is 6.92. The molecule has 0 spiro atoms. The molecular weight excluding hydrogens is 314 g/mol. The van der Waals surface area contributed by atoms with Gasteiger partial charge in [-0.05, 0) is 50.5 Å². The molecule has 2 fully saturated rings. The smallest absolute Gasteiger partial charge is 0.251 e. The first-order chi connectivity index (χ1) is 11.0. The first-order valence-electron chi connectivity index (χ1n) is 8.14. The summed E-state index contributed by atoms with van der Waals surface area (Å²) in [5.74, 6) is -0.265. The lowest BCUT2D eigenvalue weighted by molar-refractivity contribution is -0.133. The van der Waals surface area contributed by atoms with Crippen molar-refractivity contribution < 1.29 is 9.59 Å². The van der Waals surface area contributed by atoms with E-state index in [0.717, 1.165) is 25.9 Å². The van der Waals surface area contributed by atoms with Crippen LogP contribution in [0.3, 0.4) is 0 Å². The number of hydrogen-bond donors (Lipinski definition) is 2. The summed E-state index contributed by atoms with van der Waals surface area (Å²) in [5.41, 5.74) is 0.505. The first kappa shape index (κ1) is 16.3. The van der Waals surface area contributed by atoms with Crippen molar-refractivity contribution in [2.75, 3.05) is 13.1 Å². The van der Waals surface area contributed by atoms with Gasteiger partial charge in [-0.1, -0.05) is 11.6 Å². The zero-order chi connectivity index (χ0) is 16.4. The third-order valence-electron chi connectivity index (χ3n) is 4.66. The van der Waals surface area contributed by atoms with E-state index >= 15 is 0 Å². The second-order valence-electron chi connectivity index (χ2n) is 6.41. The van der Waals surface area contributed by atoms with Gasteiger partial charge in [0.2, 0.25) is 5.91 Å². The van der Waals surface area contributed by atoms with Crippen LogP contribution < -0.4 is 10.6 Å². The number of likely N-dealkylation sites (tertiary alicyclic amines) is 1. The van der Waals surface area contributed by atoms with E-state index in [1.54, 1.807) is 31.2 Å². The zero-order valence-electron chi connectivity index (χ0n) is 13.2. The van der Waals surface area contributed by atoms with Gasteiger partial charge in [0.05, 0.1) is 0 Å². The van der Waals surface area contributed by atoms with E-state index in [2.05, 4.69) is 10.6 Å². The zero-order valence-corrected chi connectivity index (χ0v) is 14.0. The number of carbonyl (C=O) groups is 2. The summed E-state index contributed by atoms with van der Waals surface area (Å²) in [4.78, 5) is 26.7. The van der Waals surface area contributed by atoms with Crippen LogP contribution in [-0.4, -0.2) is 47.9 Å². The molecule has 2 amide bonds. The molecule has 2 heterocycles. The van der Waals surface area contributed by atoms with Gasteiger partial charge in [-0.25, -0.2) is 0 Å². The molecule has 23 heavy (non-hydrogen) atoms. The number of halogens is 1. The van der Waals surface area contributed by atoms with Crippen molar-refractivity contribution in [2.24, 2.45) is 0 Å². The predicted molar refractivity (Wildman–Crippen MR) is 89.5 cm³/mol. The van der Waals surface area contributed by atoms with Crippen LogP contribution in [0.15, 0.2) is 24.3 Å². The van der Waals surface area contributed by atoms with Crippen LogP contribution in [0.1, 0.15) is 36.5 Å². The van der Waals surface area contributed by atoms with Crippen molar-refractivity contribution >= 4 is 23.4 Å². The Bertz CT molecular complexity index is 590. The Balaban J connectivity index is 1.58. The molecule has 1 aromatic carbocycles. The van der Waals surface area contributed by atoms with Gasteiger partial charge in [-0.2, -0.15) is 0 Å². The van der Waals surface area contributed by atoms with Crippen LogP contribution in [0.4, 0.5) is 0 Å². The highest BCUT2D eigenvalue weighted by Crippen LogP contribution is 2.20.